The minimum Gasteiger partial charge on any atom is -0.325 e. The predicted molar refractivity (Wildman–Crippen MR) is 112 cm³/mol. The highest BCUT2D eigenvalue weighted by Gasteiger charge is 2.29. The Labute approximate surface area is 169 Å². The lowest BCUT2D eigenvalue weighted by molar-refractivity contribution is -0.120. The van der Waals surface area contributed by atoms with Crippen molar-refractivity contribution in [2.24, 2.45) is 0 Å². The summed E-state index contributed by atoms with van der Waals surface area (Å²) in [6.07, 6.45) is 0. The Morgan fingerprint density at radius 2 is 1.38 bits per heavy atom. The predicted octanol–water partition coefficient (Wildman–Crippen LogP) is 4.54. The zero-order chi connectivity index (χ0) is 21.1. The smallest absolute Gasteiger partial charge is 0.261 e. The molecule has 0 atom stereocenters. The highest BCUT2D eigenvalue weighted by Crippen LogP contribution is 2.25. The molecule has 0 aliphatic rings. The van der Waals surface area contributed by atoms with Gasteiger partial charge in [0.15, 0.2) is 0 Å². The van der Waals surface area contributed by atoms with Crippen LogP contribution in [0.2, 0.25) is 0 Å². The number of nitrogens with one attached hydrogen (secondary N) is 2. The Hall–Kier alpha value is -3.19. The molecule has 3 rings (SSSR count). The molecule has 0 fully saturated rings. The minimum atomic E-state index is -3.83. The Morgan fingerprint density at radius 1 is 0.828 bits per heavy atom. The van der Waals surface area contributed by atoms with Crippen molar-refractivity contribution >= 4 is 27.3 Å². The fraction of sp³-hybridized carbons (Fsp3) is 0.136. The first-order valence-electron chi connectivity index (χ1n) is 8.94. The molecular weight excluding hydrogens is 391 g/mol. The van der Waals surface area contributed by atoms with Crippen molar-refractivity contribution in [2.45, 2.75) is 24.2 Å². The van der Waals surface area contributed by atoms with Crippen molar-refractivity contribution in [3.63, 3.8) is 0 Å². The van der Waals surface area contributed by atoms with Crippen LogP contribution in [0.5, 0.6) is 0 Å². The molecular formula is C22H21FN2O3S. The summed E-state index contributed by atoms with van der Waals surface area (Å²) >= 11 is 0. The molecule has 0 spiro atoms. The van der Waals surface area contributed by atoms with Gasteiger partial charge in [0.05, 0.1) is 10.3 Å². The Kier molecular flexibility index (Phi) is 5.70. The lowest BCUT2D eigenvalue weighted by Gasteiger charge is -2.24. The summed E-state index contributed by atoms with van der Waals surface area (Å²) in [5.74, 6) is -0.689. The van der Waals surface area contributed by atoms with E-state index in [1.807, 2.05) is 44.2 Å². The minimum absolute atomic E-state index is 0.0408. The van der Waals surface area contributed by atoms with Crippen molar-refractivity contribution in [3.05, 3.63) is 90.2 Å². The molecule has 0 aliphatic heterocycles. The van der Waals surface area contributed by atoms with Crippen LogP contribution in [0.3, 0.4) is 0 Å². The Bertz CT molecular complexity index is 1100. The molecule has 7 heteroatoms. The van der Waals surface area contributed by atoms with E-state index < -0.39 is 21.3 Å². The first kappa shape index (κ1) is 20.5. The molecule has 2 N–H and O–H groups in total. The van der Waals surface area contributed by atoms with Crippen LogP contribution in [0.15, 0.2) is 83.8 Å². The normalized spacial score (nSPS) is 11.7. The van der Waals surface area contributed by atoms with Gasteiger partial charge in [-0.2, -0.15) is 0 Å². The number of benzene rings is 3. The molecule has 3 aromatic rings. The summed E-state index contributed by atoms with van der Waals surface area (Å²) in [4.78, 5) is 12.7. The number of carbonyl (C=O) groups is 1. The quantitative estimate of drug-likeness (QED) is 0.624. The van der Waals surface area contributed by atoms with E-state index >= 15 is 0 Å². The average Bonchev–Trinajstić information content (AvgIpc) is 2.70. The number of amides is 1. The highest BCUT2D eigenvalue weighted by atomic mass is 32.2. The molecule has 0 bridgehead atoms. The molecule has 0 saturated carbocycles. The monoisotopic (exact) mass is 412 g/mol. The standard InChI is InChI=1S/C22H21FN2O3S/c1-22(2,16-6-4-3-5-7-16)21(26)24-18-10-12-19(13-11-18)25-29(27,28)20-14-8-17(23)9-15-20/h3-15,25H,1-2H3,(H,24,26). The van der Waals surface area contributed by atoms with Gasteiger partial charge in [-0.15, -0.1) is 0 Å². The van der Waals surface area contributed by atoms with E-state index in [9.17, 15) is 17.6 Å². The van der Waals surface area contributed by atoms with E-state index in [-0.39, 0.29) is 10.8 Å². The fourth-order valence-corrected chi connectivity index (χ4v) is 3.78. The van der Waals surface area contributed by atoms with E-state index in [0.29, 0.717) is 11.4 Å². The Balaban J connectivity index is 1.70. The summed E-state index contributed by atoms with van der Waals surface area (Å²) in [5.41, 5.74) is 1.03. The number of carbonyl (C=O) groups excluding carboxylic acids is 1. The van der Waals surface area contributed by atoms with Crippen LogP contribution in [0, 0.1) is 5.82 Å². The van der Waals surface area contributed by atoms with Gasteiger partial charge < -0.3 is 5.32 Å². The molecule has 0 saturated heterocycles. The van der Waals surface area contributed by atoms with E-state index in [1.165, 1.54) is 12.1 Å². The van der Waals surface area contributed by atoms with Crippen molar-refractivity contribution in [2.75, 3.05) is 10.0 Å². The lowest BCUT2D eigenvalue weighted by Crippen LogP contribution is -2.34. The van der Waals surface area contributed by atoms with Gasteiger partial charge in [0.1, 0.15) is 5.82 Å². The van der Waals surface area contributed by atoms with Gasteiger partial charge in [0, 0.05) is 11.4 Å². The van der Waals surface area contributed by atoms with Crippen molar-refractivity contribution in [1.29, 1.82) is 0 Å². The molecule has 3 aromatic carbocycles. The van der Waals surface area contributed by atoms with Gasteiger partial charge in [-0.05, 0) is 67.9 Å². The SMILES string of the molecule is CC(C)(C(=O)Nc1ccc(NS(=O)(=O)c2ccc(F)cc2)cc1)c1ccccc1. The zero-order valence-corrected chi connectivity index (χ0v) is 16.8. The lowest BCUT2D eigenvalue weighted by atomic mass is 9.83. The number of hydrogen-bond acceptors (Lipinski definition) is 3. The number of anilines is 2. The molecule has 150 valence electrons. The van der Waals surface area contributed by atoms with Crippen molar-refractivity contribution < 1.29 is 17.6 Å². The molecule has 0 unspecified atom stereocenters. The van der Waals surface area contributed by atoms with Crippen LogP contribution in [-0.2, 0) is 20.2 Å². The summed E-state index contributed by atoms with van der Waals surface area (Å²) in [6, 6.07) is 20.3. The number of halogens is 1. The van der Waals surface area contributed by atoms with E-state index in [0.717, 1.165) is 17.7 Å². The Morgan fingerprint density at radius 3 is 1.97 bits per heavy atom. The first-order valence-corrected chi connectivity index (χ1v) is 10.4. The number of sulfonamides is 1. The maximum atomic E-state index is 13.0. The first-order chi connectivity index (χ1) is 13.7. The van der Waals surface area contributed by atoms with E-state index in [4.69, 9.17) is 0 Å². The topological polar surface area (TPSA) is 75.3 Å². The fourth-order valence-electron chi connectivity index (χ4n) is 2.72. The van der Waals surface area contributed by atoms with Crippen LogP contribution in [0.4, 0.5) is 15.8 Å². The zero-order valence-electron chi connectivity index (χ0n) is 16.0. The molecule has 5 nitrogen and oxygen atoms in total. The van der Waals surface area contributed by atoms with E-state index in [2.05, 4.69) is 10.0 Å². The largest absolute Gasteiger partial charge is 0.325 e. The van der Waals surface area contributed by atoms with Crippen molar-refractivity contribution in [3.8, 4) is 0 Å². The molecule has 0 aromatic heterocycles. The number of hydrogen-bond donors (Lipinski definition) is 2. The van der Waals surface area contributed by atoms with Crippen LogP contribution in [0.25, 0.3) is 0 Å². The van der Waals surface area contributed by atoms with E-state index in [1.54, 1.807) is 24.3 Å². The average molecular weight is 412 g/mol. The second-order valence-electron chi connectivity index (χ2n) is 7.08. The summed E-state index contributed by atoms with van der Waals surface area (Å²) in [5, 5.41) is 2.85. The number of rotatable bonds is 6. The van der Waals surface area contributed by atoms with Crippen LogP contribution >= 0.6 is 0 Å². The third-order valence-electron chi connectivity index (χ3n) is 4.58. The van der Waals surface area contributed by atoms with Crippen molar-refractivity contribution in [1.82, 2.24) is 0 Å². The van der Waals surface area contributed by atoms with Gasteiger partial charge >= 0.3 is 0 Å². The molecule has 0 radical (unpaired) electrons. The summed E-state index contributed by atoms with van der Waals surface area (Å²) < 4.78 is 40.1. The van der Waals surface area contributed by atoms with Crippen LogP contribution < -0.4 is 10.0 Å². The summed E-state index contributed by atoms with van der Waals surface area (Å²) in [7, 11) is -3.83. The second-order valence-corrected chi connectivity index (χ2v) is 8.76. The molecule has 29 heavy (non-hydrogen) atoms. The molecule has 0 heterocycles. The van der Waals surface area contributed by atoms with Gasteiger partial charge in [-0.1, -0.05) is 30.3 Å². The third-order valence-corrected chi connectivity index (χ3v) is 5.98. The highest BCUT2D eigenvalue weighted by molar-refractivity contribution is 7.92. The third kappa shape index (κ3) is 4.81. The van der Waals surface area contributed by atoms with Gasteiger partial charge in [0.25, 0.3) is 10.0 Å². The van der Waals surface area contributed by atoms with Gasteiger partial charge in [-0.25, -0.2) is 12.8 Å². The second kappa shape index (κ2) is 8.05. The molecule has 0 aliphatic carbocycles. The van der Waals surface area contributed by atoms with Crippen LogP contribution in [-0.4, -0.2) is 14.3 Å². The maximum Gasteiger partial charge on any atom is 0.261 e. The molecule has 1 amide bonds. The van der Waals surface area contributed by atoms with Gasteiger partial charge in [-0.3, -0.25) is 9.52 Å². The van der Waals surface area contributed by atoms with Gasteiger partial charge in [0.2, 0.25) is 5.91 Å². The maximum absolute atomic E-state index is 13.0. The van der Waals surface area contributed by atoms with Crippen LogP contribution in [0.1, 0.15) is 19.4 Å². The summed E-state index contributed by atoms with van der Waals surface area (Å²) in [6.45, 7) is 3.67.